The molecule has 0 fully saturated rings. The van der Waals surface area contributed by atoms with Gasteiger partial charge in [0.05, 0.1) is 0 Å². The van der Waals surface area contributed by atoms with Gasteiger partial charge in [-0.25, -0.2) is 18.5 Å². The fourth-order valence-electron chi connectivity index (χ4n) is 0.725. The number of sulfonamides is 1. The molecule has 0 aliphatic carbocycles. The molecule has 1 aromatic rings. The van der Waals surface area contributed by atoms with E-state index in [1.165, 1.54) is 6.07 Å². The summed E-state index contributed by atoms with van der Waals surface area (Å²) in [6.45, 7) is 1.74. The number of hydrogen-bond donors (Lipinski definition) is 1. The molecule has 0 saturated carbocycles. The van der Waals surface area contributed by atoms with Crippen molar-refractivity contribution in [2.24, 2.45) is 5.14 Å². The van der Waals surface area contributed by atoms with Crippen LogP contribution in [0.4, 0.5) is 0 Å². The van der Waals surface area contributed by atoms with E-state index in [9.17, 15) is 8.42 Å². The third-order valence-electron chi connectivity index (χ3n) is 1.25. The maximum atomic E-state index is 10.9. The number of aryl methyl sites for hydroxylation is 1. The molecule has 2 N–H and O–H groups in total. The van der Waals surface area contributed by atoms with Crippen molar-refractivity contribution in [3.8, 4) is 0 Å². The molecule has 4 nitrogen and oxygen atoms in total. The fraction of sp³-hybridized carbons (Fsp3) is 0.167. The van der Waals surface area contributed by atoms with E-state index >= 15 is 0 Å². The lowest BCUT2D eigenvalue weighted by molar-refractivity contribution is 0.596. The molecule has 0 aromatic carbocycles. The largest absolute Gasteiger partial charge is 0.248 e. The second-order valence-electron chi connectivity index (χ2n) is 2.35. The second-order valence-corrected chi connectivity index (χ2v) is 4.63. The Morgan fingerprint density at radius 3 is 2.58 bits per heavy atom. The maximum Gasteiger partial charge on any atom is 0.240 e. The van der Waals surface area contributed by atoms with Crippen LogP contribution in [0.3, 0.4) is 0 Å². The van der Waals surface area contributed by atoms with Crippen LogP contribution >= 0.6 is 15.9 Å². The number of hydrogen-bond acceptors (Lipinski definition) is 3. The summed E-state index contributed by atoms with van der Waals surface area (Å²) in [7, 11) is -3.67. The number of primary sulfonamides is 1. The average molecular weight is 251 g/mol. The van der Waals surface area contributed by atoms with Crippen molar-refractivity contribution in [1.29, 1.82) is 0 Å². The average Bonchev–Trinajstić information content (AvgIpc) is 1.92. The molecule has 0 atom stereocenters. The minimum absolute atomic E-state index is 0.0162. The molecule has 0 unspecified atom stereocenters. The van der Waals surface area contributed by atoms with Gasteiger partial charge in [-0.2, -0.15) is 0 Å². The Morgan fingerprint density at radius 2 is 2.17 bits per heavy atom. The van der Waals surface area contributed by atoms with Crippen LogP contribution in [0.5, 0.6) is 0 Å². The Bertz CT molecular complexity index is 402. The summed E-state index contributed by atoms with van der Waals surface area (Å²) >= 11 is 3.00. The maximum absolute atomic E-state index is 10.9. The van der Waals surface area contributed by atoms with Crippen molar-refractivity contribution in [1.82, 2.24) is 4.98 Å². The first-order chi connectivity index (χ1) is 5.41. The van der Waals surface area contributed by atoms with E-state index in [-0.39, 0.29) is 9.50 Å². The van der Waals surface area contributed by atoms with Crippen LogP contribution in [0.2, 0.25) is 0 Å². The minimum atomic E-state index is -3.67. The van der Waals surface area contributed by atoms with Crippen molar-refractivity contribution in [3.63, 3.8) is 0 Å². The van der Waals surface area contributed by atoms with E-state index in [1.807, 2.05) is 0 Å². The summed E-state index contributed by atoms with van der Waals surface area (Å²) in [4.78, 5) is 3.82. The van der Waals surface area contributed by atoms with Crippen LogP contribution in [-0.2, 0) is 10.0 Å². The van der Waals surface area contributed by atoms with E-state index in [0.717, 1.165) is 5.56 Å². The second kappa shape index (κ2) is 3.12. The summed E-state index contributed by atoms with van der Waals surface area (Å²) < 4.78 is 22.1. The smallest absolute Gasteiger partial charge is 0.240 e. The van der Waals surface area contributed by atoms with Gasteiger partial charge in [0.2, 0.25) is 10.0 Å². The number of nitrogens with two attached hydrogens (primary N) is 1. The fourth-order valence-corrected chi connectivity index (χ4v) is 2.26. The van der Waals surface area contributed by atoms with Crippen molar-refractivity contribution >= 4 is 26.0 Å². The molecular formula is C6H7BrN2O2S. The van der Waals surface area contributed by atoms with E-state index in [2.05, 4.69) is 20.9 Å². The van der Waals surface area contributed by atoms with Gasteiger partial charge in [-0.15, -0.1) is 0 Å². The number of aromatic nitrogens is 1. The zero-order chi connectivity index (χ0) is 9.35. The van der Waals surface area contributed by atoms with Gasteiger partial charge in [0, 0.05) is 6.20 Å². The van der Waals surface area contributed by atoms with E-state index in [4.69, 9.17) is 5.14 Å². The van der Waals surface area contributed by atoms with Crippen LogP contribution in [0.1, 0.15) is 5.56 Å². The van der Waals surface area contributed by atoms with Crippen LogP contribution in [0.25, 0.3) is 0 Å². The van der Waals surface area contributed by atoms with Gasteiger partial charge in [-0.05, 0) is 34.5 Å². The summed E-state index contributed by atoms with van der Waals surface area (Å²) in [6, 6.07) is 1.46. The van der Waals surface area contributed by atoms with Crippen molar-refractivity contribution in [2.45, 2.75) is 11.8 Å². The Labute approximate surface area is 79.0 Å². The predicted molar refractivity (Wildman–Crippen MR) is 48.0 cm³/mol. The minimum Gasteiger partial charge on any atom is -0.248 e. The van der Waals surface area contributed by atoms with Crippen LogP contribution in [0, 0.1) is 6.92 Å². The van der Waals surface area contributed by atoms with E-state index in [0.29, 0.717) is 0 Å². The first-order valence-electron chi connectivity index (χ1n) is 3.06. The molecule has 0 aliphatic rings. The molecule has 12 heavy (non-hydrogen) atoms. The van der Waals surface area contributed by atoms with E-state index in [1.54, 1.807) is 13.1 Å². The highest BCUT2D eigenvalue weighted by Crippen LogP contribution is 2.18. The molecule has 1 rings (SSSR count). The van der Waals surface area contributed by atoms with Gasteiger partial charge in [0.1, 0.15) is 9.50 Å². The molecule has 6 heteroatoms. The lowest BCUT2D eigenvalue weighted by Gasteiger charge is -2.00. The number of rotatable bonds is 1. The third kappa shape index (κ3) is 2.02. The zero-order valence-electron chi connectivity index (χ0n) is 6.28. The van der Waals surface area contributed by atoms with Crippen LogP contribution < -0.4 is 5.14 Å². The lowest BCUT2D eigenvalue weighted by atomic mass is 10.3. The molecule has 0 radical (unpaired) electrons. The van der Waals surface area contributed by atoms with Gasteiger partial charge in [-0.1, -0.05) is 0 Å². The molecule has 0 saturated heterocycles. The standard InChI is InChI=1S/C6H7BrN2O2S/c1-4-2-5(12(8,10)11)6(7)9-3-4/h2-3H,1H3,(H2,8,10,11). The Hall–Kier alpha value is -0.460. The van der Waals surface area contributed by atoms with Crippen molar-refractivity contribution in [3.05, 3.63) is 22.4 Å². The molecule has 0 aliphatic heterocycles. The summed E-state index contributed by atoms with van der Waals surface area (Å²) in [5.74, 6) is 0. The molecule has 0 amide bonds. The predicted octanol–water partition coefficient (Wildman–Crippen LogP) is 0.800. The van der Waals surface area contributed by atoms with Crippen molar-refractivity contribution in [2.75, 3.05) is 0 Å². The quantitative estimate of drug-likeness (QED) is 0.750. The van der Waals surface area contributed by atoms with Gasteiger partial charge in [0.25, 0.3) is 0 Å². The Balaban J connectivity index is 3.43. The molecule has 66 valence electrons. The zero-order valence-corrected chi connectivity index (χ0v) is 8.68. The summed E-state index contributed by atoms with van der Waals surface area (Å²) in [6.07, 6.45) is 1.55. The SMILES string of the molecule is Cc1cnc(Br)c(S(N)(=O)=O)c1. The molecule has 0 bridgehead atoms. The molecule has 1 heterocycles. The van der Waals surface area contributed by atoms with Crippen LogP contribution in [-0.4, -0.2) is 13.4 Å². The number of pyridine rings is 1. The highest BCUT2D eigenvalue weighted by molar-refractivity contribution is 9.10. The van der Waals surface area contributed by atoms with Gasteiger partial charge in [0.15, 0.2) is 0 Å². The Kier molecular flexibility index (Phi) is 2.50. The van der Waals surface area contributed by atoms with Gasteiger partial charge in [-0.3, -0.25) is 0 Å². The normalized spacial score (nSPS) is 11.6. The van der Waals surface area contributed by atoms with E-state index < -0.39 is 10.0 Å². The topological polar surface area (TPSA) is 73.0 Å². The molecule has 1 aromatic heterocycles. The number of halogens is 1. The molecular weight excluding hydrogens is 244 g/mol. The van der Waals surface area contributed by atoms with Crippen molar-refractivity contribution < 1.29 is 8.42 Å². The van der Waals surface area contributed by atoms with Gasteiger partial charge < -0.3 is 0 Å². The highest BCUT2D eigenvalue weighted by atomic mass is 79.9. The first-order valence-corrected chi connectivity index (χ1v) is 5.40. The van der Waals surface area contributed by atoms with Gasteiger partial charge >= 0.3 is 0 Å². The number of nitrogens with zero attached hydrogens (tertiary/aromatic N) is 1. The lowest BCUT2D eigenvalue weighted by Crippen LogP contribution is -2.13. The Morgan fingerprint density at radius 1 is 1.58 bits per heavy atom. The molecule has 0 spiro atoms. The van der Waals surface area contributed by atoms with Crippen LogP contribution in [0.15, 0.2) is 21.8 Å². The third-order valence-corrected chi connectivity index (χ3v) is 3.07. The summed E-state index contributed by atoms with van der Waals surface area (Å²) in [5.41, 5.74) is 0.752. The first kappa shape index (κ1) is 9.63. The monoisotopic (exact) mass is 250 g/mol. The highest BCUT2D eigenvalue weighted by Gasteiger charge is 2.12. The summed E-state index contributed by atoms with van der Waals surface area (Å²) in [5, 5.41) is 4.93.